The second kappa shape index (κ2) is 7.45. The number of benzene rings is 2. The number of carbonyl (C=O) groups is 1. The Hall–Kier alpha value is -3.06. The maximum atomic E-state index is 13.6. The molecule has 1 amide bonds. The minimum Gasteiger partial charge on any atom is -0.322 e. The molecule has 5 nitrogen and oxygen atoms in total. The molecule has 0 unspecified atom stereocenters. The van der Waals surface area contributed by atoms with Gasteiger partial charge in [0.25, 0.3) is 5.91 Å². The van der Waals surface area contributed by atoms with Gasteiger partial charge in [0.2, 0.25) is 5.95 Å². The summed E-state index contributed by atoms with van der Waals surface area (Å²) in [5.74, 6) is -2.01. The van der Waals surface area contributed by atoms with Gasteiger partial charge in [-0.05, 0) is 36.8 Å². The zero-order valence-corrected chi connectivity index (χ0v) is 14.3. The molecule has 0 aliphatic heterocycles. The van der Waals surface area contributed by atoms with E-state index >= 15 is 0 Å². The van der Waals surface area contributed by atoms with Gasteiger partial charge >= 0.3 is 0 Å². The Morgan fingerprint density at radius 2 is 1.65 bits per heavy atom. The Morgan fingerprint density at radius 1 is 1.04 bits per heavy atom. The minimum atomic E-state index is -0.771. The number of nitrogens with one attached hydrogen (secondary N) is 2. The van der Waals surface area contributed by atoms with Crippen molar-refractivity contribution in [1.82, 2.24) is 9.97 Å². The van der Waals surface area contributed by atoms with E-state index in [1.807, 2.05) is 0 Å². The Kier molecular flexibility index (Phi) is 5.09. The Balaban J connectivity index is 1.75. The fourth-order valence-electron chi connectivity index (χ4n) is 2.18. The first-order chi connectivity index (χ1) is 12.5. The van der Waals surface area contributed by atoms with Gasteiger partial charge in [-0.1, -0.05) is 23.7 Å². The first-order valence-electron chi connectivity index (χ1n) is 7.55. The molecular weight excluding hydrogens is 362 g/mol. The molecule has 0 atom stereocenters. The first-order valence-corrected chi connectivity index (χ1v) is 7.93. The molecule has 2 N–H and O–H groups in total. The highest BCUT2D eigenvalue weighted by molar-refractivity contribution is 6.31. The van der Waals surface area contributed by atoms with Crippen molar-refractivity contribution in [2.24, 2.45) is 0 Å². The standard InChI is InChI=1S/C18H13ClF2N4O/c1-10-12(19)4-2-7-15(10)24-17(26)11-8-22-18(23-9-11)25-16-13(20)5-3-6-14(16)21/h2-9H,1H3,(H,24,26)(H,22,23,25). The summed E-state index contributed by atoms with van der Waals surface area (Å²) < 4.78 is 27.2. The first kappa shape index (κ1) is 17.8. The van der Waals surface area contributed by atoms with Crippen molar-refractivity contribution < 1.29 is 13.6 Å². The minimum absolute atomic E-state index is 0.0375. The monoisotopic (exact) mass is 374 g/mol. The van der Waals surface area contributed by atoms with Crippen LogP contribution in [0.4, 0.5) is 26.1 Å². The van der Waals surface area contributed by atoms with Crippen LogP contribution in [0.5, 0.6) is 0 Å². The second-order valence-electron chi connectivity index (χ2n) is 5.38. The molecule has 0 fully saturated rings. The van der Waals surface area contributed by atoms with E-state index in [1.54, 1.807) is 25.1 Å². The topological polar surface area (TPSA) is 66.9 Å². The smallest absolute Gasteiger partial charge is 0.258 e. The second-order valence-corrected chi connectivity index (χ2v) is 5.79. The summed E-state index contributed by atoms with van der Waals surface area (Å²) in [6.45, 7) is 1.78. The molecule has 0 saturated carbocycles. The van der Waals surface area contributed by atoms with E-state index < -0.39 is 17.5 Å². The van der Waals surface area contributed by atoms with Crippen LogP contribution in [0.3, 0.4) is 0 Å². The van der Waals surface area contributed by atoms with Gasteiger partial charge in [0.15, 0.2) is 0 Å². The van der Waals surface area contributed by atoms with Gasteiger partial charge in [0.05, 0.1) is 5.56 Å². The molecule has 0 radical (unpaired) electrons. The van der Waals surface area contributed by atoms with Gasteiger partial charge in [-0.15, -0.1) is 0 Å². The van der Waals surface area contributed by atoms with Gasteiger partial charge in [0.1, 0.15) is 17.3 Å². The van der Waals surface area contributed by atoms with Gasteiger partial charge < -0.3 is 10.6 Å². The van der Waals surface area contributed by atoms with Crippen LogP contribution in [-0.2, 0) is 0 Å². The highest BCUT2D eigenvalue weighted by Crippen LogP contribution is 2.24. The predicted molar refractivity (Wildman–Crippen MR) is 95.8 cm³/mol. The fraction of sp³-hybridized carbons (Fsp3) is 0.0556. The number of hydrogen-bond donors (Lipinski definition) is 2. The molecule has 0 saturated heterocycles. The zero-order valence-electron chi connectivity index (χ0n) is 13.6. The van der Waals surface area contributed by atoms with Crippen LogP contribution >= 0.6 is 11.6 Å². The summed E-state index contributed by atoms with van der Waals surface area (Å²) in [4.78, 5) is 20.1. The number of amides is 1. The predicted octanol–water partition coefficient (Wildman–Crippen LogP) is 4.71. The van der Waals surface area contributed by atoms with Crippen LogP contribution in [0.25, 0.3) is 0 Å². The quantitative estimate of drug-likeness (QED) is 0.694. The molecule has 1 heterocycles. The third-order valence-electron chi connectivity index (χ3n) is 3.63. The average molecular weight is 375 g/mol. The maximum absolute atomic E-state index is 13.6. The van der Waals surface area contributed by atoms with Crippen LogP contribution in [0, 0.1) is 18.6 Å². The van der Waals surface area contributed by atoms with Gasteiger partial charge in [0, 0.05) is 23.1 Å². The number of aromatic nitrogens is 2. The fourth-order valence-corrected chi connectivity index (χ4v) is 2.35. The van der Waals surface area contributed by atoms with E-state index in [0.717, 1.165) is 17.7 Å². The number of hydrogen-bond acceptors (Lipinski definition) is 4. The average Bonchev–Trinajstić information content (AvgIpc) is 2.63. The SMILES string of the molecule is Cc1c(Cl)cccc1NC(=O)c1cnc(Nc2c(F)cccc2F)nc1. The molecule has 0 aliphatic carbocycles. The van der Waals surface area contributed by atoms with E-state index in [9.17, 15) is 13.6 Å². The van der Waals surface area contributed by atoms with Crippen molar-refractivity contribution >= 4 is 34.8 Å². The van der Waals surface area contributed by atoms with Gasteiger partial charge in [-0.2, -0.15) is 0 Å². The lowest BCUT2D eigenvalue weighted by atomic mass is 10.2. The lowest BCUT2D eigenvalue weighted by Crippen LogP contribution is -2.14. The van der Waals surface area contributed by atoms with E-state index in [1.165, 1.54) is 18.5 Å². The summed E-state index contributed by atoms with van der Waals surface area (Å²) in [5.41, 5.74) is 1.12. The number of nitrogens with zero attached hydrogens (tertiary/aromatic N) is 2. The van der Waals surface area contributed by atoms with Crippen molar-refractivity contribution in [3.63, 3.8) is 0 Å². The molecule has 132 valence electrons. The van der Waals surface area contributed by atoms with Crippen molar-refractivity contribution in [2.75, 3.05) is 10.6 Å². The molecular formula is C18H13ClF2N4O. The Labute approximate surface area is 153 Å². The normalized spacial score (nSPS) is 10.5. The van der Waals surface area contributed by atoms with Crippen molar-refractivity contribution in [2.45, 2.75) is 6.92 Å². The summed E-state index contributed by atoms with van der Waals surface area (Å²) in [5, 5.41) is 5.70. The van der Waals surface area contributed by atoms with E-state index in [2.05, 4.69) is 20.6 Å². The molecule has 3 aromatic rings. The molecule has 0 aliphatic rings. The van der Waals surface area contributed by atoms with Crippen LogP contribution < -0.4 is 10.6 Å². The number of carbonyl (C=O) groups excluding carboxylic acids is 1. The van der Waals surface area contributed by atoms with Crippen LogP contribution in [0.2, 0.25) is 5.02 Å². The van der Waals surface area contributed by atoms with Gasteiger partial charge in [-0.25, -0.2) is 18.7 Å². The Bertz CT molecular complexity index is 944. The largest absolute Gasteiger partial charge is 0.322 e. The van der Waals surface area contributed by atoms with Gasteiger partial charge in [-0.3, -0.25) is 4.79 Å². The van der Waals surface area contributed by atoms with E-state index in [-0.39, 0.29) is 17.2 Å². The number of anilines is 3. The van der Waals surface area contributed by atoms with E-state index in [4.69, 9.17) is 11.6 Å². The lowest BCUT2D eigenvalue weighted by molar-refractivity contribution is 0.102. The molecule has 3 rings (SSSR count). The van der Waals surface area contributed by atoms with Crippen LogP contribution in [0.1, 0.15) is 15.9 Å². The third-order valence-corrected chi connectivity index (χ3v) is 4.04. The summed E-state index contributed by atoms with van der Waals surface area (Å²) in [7, 11) is 0. The maximum Gasteiger partial charge on any atom is 0.258 e. The third kappa shape index (κ3) is 3.78. The van der Waals surface area contributed by atoms with E-state index in [0.29, 0.717) is 10.7 Å². The lowest BCUT2D eigenvalue weighted by Gasteiger charge is -2.10. The molecule has 0 spiro atoms. The van der Waals surface area contributed by atoms with Crippen molar-refractivity contribution in [3.05, 3.63) is 76.6 Å². The zero-order chi connectivity index (χ0) is 18.7. The Morgan fingerprint density at radius 3 is 2.31 bits per heavy atom. The van der Waals surface area contributed by atoms with Crippen molar-refractivity contribution in [3.8, 4) is 0 Å². The summed E-state index contributed by atoms with van der Waals surface area (Å²) in [6, 6.07) is 8.63. The van der Waals surface area contributed by atoms with Crippen LogP contribution in [0.15, 0.2) is 48.8 Å². The molecule has 8 heteroatoms. The van der Waals surface area contributed by atoms with Crippen LogP contribution in [-0.4, -0.2) is 15.9 Å². The number of halogens is 3. The highest BCUT2D eigenvalue weighted by Gasteiger charge is 2.12. The molecule has 26 heavy (non-hydrogen) atoms. The summed E-state index contributed by atoms with van der Waals surface area (Å²) >= 11 is 6.02. The highest BCUT2D eigenvalue weighted by atomic mass is 35.5. The molecule has 0 bridgehead atoms. The number of para-hydroxylation sites is 1. The van der Waals surface area contributed by atoms with Crippen molar-refractivity contribution in [1.29, 1.82) is 0 Å². The molecule has 1 aromatic heterocycles. The number of rotatable bonds is 4. The summed E-state index contributed by atoms with van der Waals surface area (Å²) in [6.07, 6.45) is 2.51. The molecule has 2 aromatic carbocycles.